The predicted molar refractivity (Wildman–Crippen MR) is 112 cm³/mol. The van der Waals surface area contributed by atoms with Crippen molar-refractivity contribution >= 4 is 17.8 Å². The summed E-state index contributed by atoms with van der Waals surface area (Å²) in [6.45, 7) is 3.83. The van der Waals surface area contributed by atoms with Gasteiger partial charge in [-0.05, 0) is 55.6 Å². The zero-order valence-corrected chi connectivity index (χ0v) is 17.3. The molecule has 0 aromatic heterocycles. The lowest BCUT2D eigenvalue weighted by Crippen LogP contribution is -2.23. The molecule has 0 amide bonds. The van der Waals surface area contributed by atoms with E-state index in [1.807, 2.05) is 0 Å². The summed E-state index contributed by atoms with van der Waals surface area (Å²) in [5.74, 6) is 2.61. The second kappa shape index (κ2) is 12.1. The molecule has 0 spiro atoms. The van der Waals surface area contributed by atoms with Gasteiger partial charge in [-0.15, -0.1) is 6.58 Å². The van der Waals surface area contributed by atoms with E-state index in [-0.39, 0.29) is 10.8 Å². The van der Waals surface area contributed by atoms with Crippen LogP contribution < -0.4 is 4.74 Å². The third-order valence-corrected chi connectivity index (χ3v) is 6.37. The number of benzene rings is 1. The molecule has 2 aliphatic rings. The number of allylic oxidation sites excluding steroid dienone is 1. The Morgan fingerprint density at radius 1 is 1.14 bits per heavy atom. The Hall–Kier alpha value is -1.55. The van der Waals surface area contributed by atoms with Crippen LogP contribution in [0.25, 0.3) is 0 Å². The van der Waals surface area contributed by atoms with E-state index in [9.17, 15) is 9.18 Å². The molecule has 1 aromatic rings. The first kappa shape index (κ1) is 22.7. The van der Waals surface area contributed by atoms with Crippen molar-refractivity contribution in [1.29, 1.82) is 0 Å². The highest BCUT2D eigenvalue weighted by Crippen LogP contribution is 2.40. The number of hydrogen-bond acceptors (Lipinski definition) is 2. The summed E-state index contributed by atoms with van der Waals surface area (Å²) >= 11 is 5.35. The van der Waals surface area contributed by atoms with Gasteiger partial charge in [0.05, 0.1) is 5.02 Å². The van der Waals surface area contributed by atoms with Crippen molar-refractivity contribution in [1.82, 2.24) is 0 Å². The molecule has 3 nitrogen and oxygen atoms in total. The van der Waals surface area contributed by atoms with Gasteiger partial charge >= 0.3 is 6.16 Å². The van der Waals surface area contributed by atoms with Gasteiger partial charge in [0, 0.05) is 6.07 Å². The third-order valence-electron chi connectivity index (χ3n) is 6.08. The topological polar surface area (TPSA) is 46.5 Å². The van der Waals surface area contributed by atoms with Crippen LogP contribution in [0.5, 0.6) is 5.75 Å². The summed E-state index contributed by atoms with van der Waals surface area (Å²) in [6.07, 6.45) is 17.0. The van der Waals surface area contributed by atoms with Crippen LogP contribution in [0.4, 0.5) is 9.18 Å². The number of carbonyl (C=O) groups is 1. The zero-order chi connectivity index (χ0) is 20.4. The Bertz CT molecular complexity index is 620. The minimum absolute atomic E-state index is 0.00565. The molecule has 1 N–H and O–H groups in total. The van der Waals surface area contributed by atoms with Gasteiger partial charge in [0.2, 0.25) is 0 Å². The molecule has 0 heterocycles. The maximum Gasteiger partial charge on any atom is 0.511 e. The smallest absolute Gasteiger partial charge is 0.449 e. The van der Waals surface area contributed by atoms with Crippen molar-refractivity contribution in [2.45, 2.75) is 70.6 Å². The number of rotatable bonds is 5. The predicted octanol–water partition coefficient (Wildman–Crippen LogP) is 7.88. The fraction of sp³-hybridized carbons (Fsp3) is 0.609. The van der Waals surface area contributed by atoms with Crippen LogP contribution in [0.2, 0.25) is 5.02 Å². The second-order valence-corrected chi connectivity index (χ2v) is 8.40. The Morgan fingerprint density at radius 3 is 2.36 bits per heavy atom. The standard InChI is InChI=1S/C16H28.C7H4ClFO3/c1-2-3-7-14-10-12-16(13-11-14)15-8-5-4-6-9-15;8-5-3-4(12-7(10)11)1-2-6(5)9/h2,14-16H,1,3-13H2;1-3H,(H,10,11). The Kier molecular flexibility index (Phi) is 9.83. The summed E-state index contributed by atoms with van der Waals surface area (Å²) < 4.78 is 16.7. The SMILES string of the molecule is C=CCCC1CCC(C2CCCCC2)CC1.O=C(O)Oc1ccc(F)c(Cl)c1. The second-order valence-electron chi connectivity index (χ2n) is 7.99. The van der Waals surface area contributed by atoms with Crippen LogP contribution in [0.1, 0.15) is 70.6 Å². The fourth-order valence-corrected chi connectivity index (χ4v) is 4.72. The highest BCUT2D eigenvalue weighted by Gasteiger charge is 2.27. The van der Waals surface area contributed by atoms with Crippen LogP contribution in [0.3, 0.4) is 0 Å². The molecule has 0 unspecified atom stereocenters. The van der Waals surface area contributed by atoms with Gasteiger partial charge in [-0.1, -0.05) is 62.6 Å². The molecular weight excluding hydrogens is 379 g/mol. The van der Waals surface area contributed by atoms with E-state index >= 15 is 0 Å². The molecule has 156 valence electrons. The van der Waals surface area contributed by atoms with Gasteiger partial charge in [0.25, 0.3) is 0 Å². The van der Waals surface area contributed by atoms with Crippen molar-refractivity contribution in [3.05, 3.63) is 41.7 Å². The van der Waals surface area contributed by atoms with Crippen LogP contribution in [0, 0.1) is 23.6 Å². The van der Waals surface area contributed by atoms with Crippen molar-refractivity contribution in [2.24, 2.45) is 17.8 Å². The molecule has 1 aromatic carbocycles. The number of hydrogen-bond donors (Lipinski definition) is 1. The normalized spacial score (nSPS) is 22.6. The minimum Gasteiger partial charge on any atom is -0.449 e. The summed E-state index contributed by atoms with van der Waals surface area (Å²) in [4.78, 5) is 10.0. The first-order chi connectivity index (χ1) is 13.5. The van der Waals surface area contributed by atoms with Crippen molar-refractivity contribution < 1.29 is 19.0 Å². The third kappa shape index (κ3) is 7.83. The van der Waals surface area contributed by atoms with Gasteiger partial charge in [0.15, 0.2) is 0 Å². The molecule has 2 fully saturated rings. The molecule has 0 radical (unpaired) electrons. The monoisotopic (exact) mass is 410 g/mol. The molecule has 0 atom stereocenters. The molecule has 3 rings (SSSR count). The van der Waals surface area contributed by atoms with Gasteiger partial charge in [-0.3, -0.25) is 0 Å². The van der Waals surface area contributed by atoms with Gasteiger partial charge in [0.1, 0.15) is 11.6 Å². The lowest BCUT2D eigenvalue weighted by molar-refractivity contribution is 0.144. The number of carboxylic acid groups (broad SMARTS) is 1. The maximum atomic E-state index is 12.5. The number of ether oxygens (including phenoxy) is 1. The quantitative estimate of drug-likeness (QED) is 0.305. The summed E-state index contributed by atoms with van der Waals surface area (Å²) in [5, 5.41) is 8.00. The van der Waals surface area contributed by atoms with E-state index in [2.05, 4.69) is 17.4 Å². The molecular formula is C23H32ClFO3. The Balaban J connectivity index is 0.000000209. The average Bonchev–Trinajstić information content (AvgIpc) is 2.70. The van der Waals surface area contributed by atoms with Crippen LogP contribution in [-0.4, -0.2) is 11.3 Å². The first-order valence-corrected chi connectivity index (χ1v) is 10.8. The highest BCUT2D eigenvalue weighted by atomic mass is 35.5. The molecule has 2 saturated carbocycles. The fourth-order valence-electron chi connectivity index (χ4n) is 4.55. The Morgan fingerprint density at radius 2 is 1.79 bits per heavy atom. The highest BCUT2D eigenvalue weighted by molar-refractivity contribution is 6.30. The summed E-state index contributed by atoms with van der Waals surface area (Å²) in [5.41, 5.74) is 0. The van der Waals surface area contributed by atoms with Crippen LogP contribution in [-0.2, 0) is 0 Å². The molecule has 0 aliphatic heterocycles. The van der Waals surface area contributed by atoms with Crippen LogP contribution >= 0.6 is 11.6 Å². The van der Waals surface area contributed by atoms with E-state index in [1.54, 1.807) is 12.8 Å². The van der Waals surface area contributed by atoms with Gasteiger partial charge < -0.3 is 9.84 Å². The van der Waals surface area contributed by atoms with E-state index in [1.165, 1.54) is 63.9 Å². The van der Waals surface area contributed by atoms with Gasteiger partial charge in [-0.25, -0.2) is 9.18 Å². The molecule has 0 bridgehead atoms. The first-order valence-electron chi connectivity index (χ1n) is 10.5. The zero-order valence-electron chi connectivity index (χ0n) is 16.5. The molecule has 0 saturated heterocycles. The Labute approximate surface area is 172 Å². The summed E-state index contributed by atoms with van der Waals surface area (Å²) in [6, 6.07) is 3.29. The van der Waals surface area contributed by atoms with E-state index in [0.29, 0.717) is 0 Å². The lowest BCUT2D eigenvalue weighted by atomic mass is 9.70. The molecule has 5 heteroatoms. The van der Waals surface area contributed by atoms with Crippen LogP contribution in [0.15, 0.2) is 30.9 Å². The summed E-state index contributed by atoms with van der Waals surface area (Å²) in [7, 11) is 0. The average molecular weight is 411 g/mol. The lowest BCUT2D eigenvalue weighted by Gasteiger charge is -2.35. The van der Waals surface area contributed by atoms with Crippen molar-refractivity contribution in [3.63, 3.8) is 0 Å². The molecule has 28 heavy (non-hydrogen) atoms. The van der Waals surface area contributed by atoms with E-state index < -0.39 is 12.0 Å². The largest absolute Gasteiger partial charge is 0.511 e. The minimum atomic E-state index is -1.46. The van der Waals surface area contributed by atoms with E-state index in [4.69, 9.17) is 16.7 Å². The van der Waals surface area contributed by atoms with E-state index in [0.717, 1.165) is 29.9 Å². The van der Waals surface area contributed by atoms with Gasteiger partial charge in [-0.2, -0.15) is 0 Å². The molecule has 2 aliphatic carbocycles. The van der Waals surface area contributed by atoms with Crippen molar-refractivity contribution in [3.8, 4) is 5.75 Å². The number of halogens is 2. The van der Waals surface area contributed by atoms with Crippen molar-refractivity contribution in [2.75, 3.05) is 0 Å². The maximum absolute atomic E-state index is 12.5.